The Morgan fingerprint density at radius 1 is 1.26 bits per heavy atom. The number of nitrogens with one attached hydrogen (secondary N) is 2. The van der Waals surface area contributed by atoms with Crippen LogP contribution in [0.5, 0.6) is 0 Å². The van der Waals surface area contributed by atoms with Crippen molar-refractivity contribution < 1.29 is 0 Å². The molecule has 2 N–H and O–H groups in total. The first kappa shape index (κ1) is 12.6. The van der Waals surface area contributed by atoms with Crippen LogP contribution in [-0.2, 0) is 6.54 Å². The van der Waals surface area contributed by atoms with E-state index in [0.717, 1.165) is 18.6 Å². The van der Waals surface area contributed by atoms with E-state index in [1.165, 1.54) is 49.8 Å². The molecule has 4 nitrogen and oxygen atoms in total. The molecule has 0 unspecified atom stereocenters. The van der Waals surface area contributed by atoms with Crippen molar-refractivity contribution in [1.82, 2.24) is 20.4 Å². The highest BCUT2D eigenvalue weighted by molar-refractivity contribution is 5.78. The smallest absolute Gasteiger partial charge is 0.0653 e. The Bertz CT molecular complexity index is 514. The van der Waals surface area contributed by atoms with Crippen LogP contribution in [0.1, 0.15) is 24.8 Å². The topological polar surface area (TPSA) is 44.0 Å². The van der Waals surface area contributed by atoms with Crippen LogP contribution in [0.25, 0.3) is 10.9 Å². The quantitative estimate of drug-likeness (QED) is 0.780. The molecule has 0 spiro atoms. The SMILES string of the molecule is c1cc2cn[nH]c2cc1CNCCCN1CCCC1. The van der Waals surface area contributed by atoms with Gasteiger partial charge in [0.15, 0.2) is 0 Å². The van der Waals surface area contributed by atoms with Crippen molar-refractivity contribution in [2.24, 2.45) is 0 Å². The summed E-state index contributed by atoms with van der Waals surface area (Å²) in [5.41, 5.74) is 2.44. The zero-order valence-electron chi connectivity index (χ0n) is 11.4. The maximum Gasteiger partial charge on any atom is 0.0653 e. The van der Waals surface area contributed by atoms with Crippen LogP contribution in [0, 0.1) is 0 Å². The molecular weight excluding hydrogens is 236 g/mol. The van der Waals surface area contributed by atoms with Crippen molar-refractivity contribution in [3.05, 3.63) is 30.0 Å². The van der Waals surface area contributed by atoms with Crippen molar-refractivity contribution in [3.63, 3.8) is 0 Å². The lowest BCUT2D eigenvalue weighted by Crippen LogP contribution is -2.24. The standard InChI is InChI=1S/C15H22N4/c1-2-8-19(7-1)9-3-6-16-11-13-4-5-14-12-17-18-15(14)10-13/h4-5,10,12,16H,1-3,6-9,11H2,(H,17,18). The van der Waals surface area contributed by atoms with Crippen molar-refractivity contribution in [1.29, 1.82) is 0 Å². The summed E-state index contributed by atoms with van der Waals surface area (Å²) in [6.07, 6.45) is 5.88. The Morgan fingerprint density at radius 2 is 2.16 bits per heavy atom. The third kappa shape index (κ3) is 3.33. The molecule has 4 heteroatoms. The molecule has 0 radical (unpaired) electrons. The number of H-pyrrole nitrogens is 1. The van der Waals surface area contributed by atoms with Gasteiger partial charge in [0, 0.05) is 11.9 Å². The van der Waals surface area contributed by atoms with Crippen LogP contribution in [0.2, 0.25) is 0 Å². The van der Waals surface area contributed by atoms with Crippen molar-refractivity contribution in [2.45, 2.75) is 25.8 Å². The maximum atomic E-state index is 4.05. The highest BCUT2D eigenvalue weighted by Crippen LogP contribution is 2.12. The number of hydrogen-bond acceptors (Lipinski definition) is 3. The third-order valence-electron chi connectivity index (χ3n) is 3.86. The monoisotopic (exact) mass is 258 g/mol. The van der Waals surface area contributed by atoms with Crippen molar-refractivity contribution >= 4 is 10.9 Å². The van der Waals surface area contributed by atoms with Crippen molar-refractivity contribution in [3.8, 4) is 0 Å². The Hall–Kier alpha value is -1.39. The molecule has 1 aliphatic heterocycles. The van der Waals surface area contributed by atoms with Gasteiger partial charge in [-0.1, -0.05) is 12.1 Å². The third-order valence-corrected chi connectivity index (χ3v) is 3.86. The molecule has 2 heterocycles. The summed E-state index contributed by atoms with van der Waals surface area (Å²) in [5.74, 6) is 0. The summed E-state index contributed by atoms with van der Waals surface area (Å²) in [6, 6.07) is 6.47. The fraction of sp³-hybridized carbons (Fsp3) is 0.533. The van der Waals surface area contributed by atoms with E-state index in [0.29, 0.717) is 0 Å². The van der Waals surface area contributed by atoms with Crippen molar-refractivity contribution in [2.75, 3.05) is 26.2 Å². The predicted molar refractivity (Wildman–Crippen MR) is 78.1 cm³/mol. The van der Waals surface area contributed by atoms with Crippen LogP contribution >= 0.6 is 0 Å². The Balaban J connectivity index is 1.39. The summed E-state index contributed by atoms with van der Waals surface area (Å²) in [7, 11) is 0. The fourth-order valence-corrected chi connectivity index (χ4v) is 2.76. The van der Waals surface area contributed by atoms with Gasteiger partial charge in [-0.25, -0.2) is 0 Å². The van der Waals surface area contributed by atoms with Crippen LogP contribution in [0.4, 0.5) is 0 Å². The van der Waals surface area contributed by atoms with Gasteiger partial charge < -0.3 is 10.2 Å². The largest absolute Gasteiger partial charge is 0.313 e. The number of fused-ring (bicyclic) bond motifs is 1. The molecule has 1 fully saturated rings. The lowest BCUT2D eigenvalue weighted by molar-refractivity contribution is 0.331. The number of nitrogens with zero attached hydrogens (tertiary/aromatic N) is 2. The molecule has 1 aromatic heterocycles. The van der Waals surface area contributed by atoms with Gasteiger partial charge in [-0.2, -0.15) is 5.10 Å². The number of aromatic nitrogens is 2. The second-order valence-electron chi connectivity index (χ2n) is 5.37. The first-order valence-electron chi connectivity index (χ1n) is 7.27. The average Bonchev–Trinajstić information content (AvgIpc) is 3.08. The lowest BCUT2D eigenvalue weighted by atomic mass is 10.1. The summed E-state index contributed by atoms with van der Waals surface area (Å²) < 4.78 is 0. The minimum atomic E-state index is 0.939. The first-order valence-corrected chi connectivity index (χ1v) is 7.27. The highest BCUT2D eigenvalue weighted by Gasteiger charge is 2.09. The molecule has 1 saturated heterocycles. The lowest BCUT2D eigenvalue weighted by Gasteiger charge is -2.14. The van der Waals surface area contributed by atoms with Crippen LogP contribution < -0.4 is 5.32 Å². The summed E-state index contributed by atoms with van der Waals surface area (Å²) in [6.45, 7) is 5.88. The predicted octanol–water partition coefficient (Wildman–Crippen LogP) is 2.14. The molecule has 3 rings (SSSR count). The minimum absolute atomic E-state index is 0.939. The number of hydrogen-bond donors (Lipinski definition) is 2. The molecule has 0 bridgehead atoms. The van der Waals surface area contributed by atoms with Crippen LogP contribution in [-0.4, -0.2) is 41.3 Å². The van der Waals surface area contributed by atoms with Gasteiger partial charge in [0.25, 0.3) is 0 Å². The Labute approximate surface area is 114 Å². The summed E-state index contributed by atoms with van der Waals surface area (Å²) in [5, 5.41) is 11.8. The van der Waals surface area contributed by atoms with E-state index in [2.05, 4.69) is 38.6 Å². The van der Waals surface area contributed by atoms with E-state index < -0.39 is 0 Å². The number of benzene rings is 1. The molecule has 0 atom stereocenters. The Kier molecular flexibility index (Phi) is 4.10. The zero-order chi connectivity index (χ0) is 12.9. The molecule has 2 aromatic rings. The van der Waals surface area contributed by atoms with Crippen LogP contribution in [0.3, 0.4) is 0 Å². The number of likely N-dealkylation sites (tertiary alicyclic amines) is 1. The molecule has 1 aliphatic rings. The van der Waals surface area contributed by atoms with E-state index in [-0.39, 0.29) is 0 Å². The number of rotatable bonds is 6. The second-order valence-corrected chi connectivity index (χ2v) is 5.37. The maximum absolute atomic E-state index is 4.05. The zero-order valence-corrected chi connectivity index (χ0v) is 11.4. The van der Waals surface area contributed by atoms with Gasteiger partial charge in [-0.15, -0.1) is 0 Å². The summed E-state index contributed by atoms with van der Waals surface area (Å²) >= 11 is 0. The summed E-state index contributed by atoms with van der Waals surface area (Å²) in [4.78, 5) is 2.57. The molecule has 0 aliphatic carbocycles. The molecule has 1 aromatic carbocycles. The van der Waals surface area contributed by atoms with Crippen LogP contribution in [0.15, 0.2) is 24.4 Å². The molecular formula is C15H22N4. The van der Waals surface area contributed by atoms with Gasteiger partial charge >= 0.3 is 0 Å². The van der Waals surface area contributed by atoms with Gasteiger partial charge in [0.05, 0.1) is 11.7 Å². The first-order chi connectivity index (χ1) is 9.42. The van der Waals surface area contributed by atoms with E-state index in [1.54, 1.807) is 0 Å². The van der Waals surface area contributed by atoms with E-state index in [9.17, 15) is 0 Å². The highest BCUT2D eigenvalue weighted by atomic mass is 15.1. The average molecular weight is 258 g/mol. The normalized spacial score (nSPS) is 16.4. The van der Waals surface area contributed by atoms with Gasteiger partial charge in [0.2, 0.25) is 0 Å². The number of aromatic amines is 1. The van der Waals surface area contributed by atoms with Gasteiger partial charge in [0.1, 0.15) is 0 Å². The molecule has 102 valence electrons. The Morgan fingerprint density at radius 3 is 3.05 bits per heavy atom. The van der Waals surface area contributed by atoms with E-state index in [4.69, 9.17) is 0 Å². The van der Waals surface area contributed by atoms with E-state index in [1.807, 2.05) is 6.20 Å². The van der Waals surface area contributed by atoms with Gasteiger partial charge in [-0.05, 0) is 57.1 Å². The van der Waals surface area contributed by atoms with Gasteiger partial charge in [-0.3, -0.25) is 5.10 Å². The molecule has 0 saturated carbocycles. The van der Waals surface area contributed by atoms with E-state index >= 15 is 0 Å². The fourth-order valence-electron chi connectivity index (χ4n) is 2.76. The minimum Gasteiger partial charge on any atom is -0.313 e. The second kappa shape index (κ2) is 6.17. The molecule has 19 heavy (non-hydrogen) atoms. The molecule has 0 amide bonds.